The molecule has 1 aromatic carbocycles. The molecule has 0 bridgehead atoms. The number of hydrogen-bond donors (Lipinski definition) is 1. The second kappa shape index (κ2) is 6.91. The van der Waals surface area contributed by atoms with E-state index >= 15 is 0 Å². The van der Waals surface area contributed by atoms with Crippen LogP contribution in [0.25, 0.3) is 10.1 Å². The molecule has 1 aliphatic carbocycles. The number of fused-ring (bicyclic) bond motifs is 1. The van der Waals surface area contributed by atoms with E-state index in [2.05, 4.69) is 41.5 Å². The molecule has 2 nitrogen and oxygen atoms in total. The van der Waals surface area contributed by atoms with Gasteiger partial charge in [-0.1, -0.05) is 25.1 Å². The highest BCUT2D eigenvalue weighted by Gasteiger charge is 2.24. The third-order valence-corrected chi connectivity index (χ3v) is 5.72. The largest absolute Gasteiger partial charge is 0.328 e. The summed E-state index contributed by atoms with van der Waals surface area (Å²) in [5.41, 5.74) is 7.56. The minimum Gasteiger partial charge on any atom is -0.328 e. The van der Waals surface area contributed by atoms with E-state index in [0.29, 0.717) is 6.04 Å². The first kappa shape index (κ1) is 15.0. The van der Waals surface area contributed by atoms with E-state index in [4.69, 9.17) is 5.73 Å². The van der Waals surface area contributed by atoms with Crippen LogP contribution in [0.4, 0.5) is 0 Å². The highest BCUT2D eigenvalue weighted by Crippen LogP contribution is 2.29. The Morgan fingerprint density at radius 1 is 1.19 bits per heavy atom. The molecule has 0 radical (unpaired) electrons. The van der Waals surface area contributed by atoms with Crippen molar-refractivity contribution in [3.63, 3.8) is 0 Å². The lowest BCUT2D eigenvalue weighted by Gasteiger charge is -2.36. The maximum Gasteiger partial charge on any atom is 0.0346 e. The molecule has 0 atom stereocenters. The summed E-state index contributed by atoms with van der Waals surface area (Å²) in [4.78, 5) is 2.69. The second-order valence-electron chi connectivity index (χ2n) is 6.30. The molecule has 0 saturated heterocycles. The third-order valence-electron chi connectivity index (χ3n) is 4.70. The van der Waals surface area contributed by atoms with Gasteiger partial charge in [0.15, 0.2) is 0 Å². The zero-order valence-electron chi connectivity index (χ0n) is 12.9. The van der Waals surface area contributed by atoms with Crippen LogP contribution in [-0.2, 0) is 6.54 Å². The summed E-state index contributed by atoms with van der Waals surface area (Å²) < 4.78 is 1.41. The van der Waals surface area contributed by atoms with Gasteiger partial charge in [0.05, 0.1) is 0 Å². The van der Waals surface area contributed by atoms with Crippen molar-refractivity contribution in [2.24, 2.45) is 5.73 Å². The first-order valence-electron chi connectivity index (χ1n) is 8.22. The first-order chi connectivity index (χ1) is 10.3. The lowest BCUT2D eigenvalue weighted by Crippen LogP contribution is -2.40. The summed E-state index contributed by atoms with van der Waals surface area (Å²) in [5, 5.41) is 3.79. The molecule has 0 aliphatic heterocycles. The molecule has 2 aromatic rings. The van der Waals surface area contributed by atoms with Crippen LogP contribution in [0.5, 0.6) is 0 Å². The number of benzene rings is 1. The predicted molar refractivity (Wildman–Crippen MR) is 92.8 cm³/mol. The lowest BCUT2D eigenvalue weighted by atomic mass is 9.90. The number of hydrogen-bond acceptors (Lipinski definition) is 3. The molecule has 2 N–H and O–H groups in total. The van der Waals surface area contributed by atoms with E-state index in [9.17, 15) is 0 Å². The molecular weight excluding hydrogens is 276 g/mol. The molecule has 1 saturated carbocycles. The Labute approximate surface area is 131 Å². The summed E-state index contributed by atoms with van der Waals surface area (Å²) >= 11 is 1.87. The van der Waals surface area contributed by atoms with Crippen LogP contribution < -0.4 is 5.73 Å². The molecule has 1 heterocycles. The topological polar surface area (TPSA) is 29.3 Å². The van der Waals surface area contributed by atoms with Crippen molar-refractivity contribution < 1.29 is 0 Å². The van der Waals surface area contributed by atoms with E-state index in [0.717, 1.165) is 12.6 Å². The van der Waals surface area contributed by atoms with Gasteiger partial charge in [-0.3, -0.25) is 4.90 Å². The summed E-state index contributed by atoms with van der Waals surface area (Å²) in [6.07, 6.45) is 6.14. The molecule has 3 heteroatoms. The monoisotopic (exact) mass is 302 g/mol. The van der Waals surface area contributed by atoms with Gasteiger partial charge in [0.25, 0.3) is 0 Å². The maximum atomic E-state index is 6.06. The number of nitrogens with zero attached hydrogens (tertiary/aromatic N) is 1. The van der Waals surface area contributed by atoms with Crippen LogP contribution in [0.15, 0.2) is 29.6 Å². The smallest absolute Gasteiger partial charge is 0.0346 e. The molecule has 3 rings (SSSR count). The van der Waals surface area contributed by atoms with E-state index in [1.165, 1.54) is 54.3 Å². The lowest BCUT2D eigenvalue weighted by molar-refractivity contribution is 0.142. The van der Waals surface area contributed by atoms with Crippen LogP contribution in [0.3, 0.4) is 0 Å². The average molecular weight is 302 g/mol. The fourth-order valence-electron chi connectivity index (χ4n) is 3.52. The van der Waals surface area contributed by atoms with Gasteiger partial charge >= 0.3 is 0 Å². The summed E-state index contributed by atoms with van der Waals surface area (Å²) in [5.74, 6) is 0. The number of rotatable bonds is 5. The van der Waals surface area contributed by atoms with Crippen molar-refractivity contribution in [3.05, 3.63) is 35.2 Å². The molecule has 114 valence electrons. The van der Waals surface area contributed by atoms with Crippen molar-refractivity contribution >= 4 is 21.4 Å². The standard InChI is InChI=1S/C18H26N2S/c1-2-11-20(16-9-7-15(19)8-10-16)12-14-13-21-18-6-4-3-5-17(14)18/h3-6,13,15-16H,2,7-12,19H2,1H3. The molecule has 0 unspecified atom stereocenters. The number of nitrogens with two attached hydrogens (primary N) is 1. The average Bonchev–Trinajstić information content (AvgIpc) is 2.91. The highest BCUT2D eigenvalue weighted by atomic mass is 32.1. The predicted octanol–water partition coefficient (Wildman–Crippen LogP) is 4.38. The van der Waals surface area contributed by atoms with Gasteiger partial charge in [-0.05, 0) is 61.0 Å². The Bertz CT molecular complexity index is 569. The minimum atomic E-state index is 0.437. The molecule has 1 aliphatic rings. The van der Waals surface area contributed by atoms with Crippen LogP contribution in [0.2, 0.25) is 0 Å². The van der Waals surface area contributed by atoms with Crippen molar-refractivity contribution in [3.8, 4) is 0 Å². The van der Waals surface area contributed by atoms with Crippen LogP contribution in [0.1, 0.15) is 44.6 Å². The first-order valence-corrected chi connectivity index (χ1v) is 9.10. The molecule has 0 amide bonds. The molecule has 0 spiro atoms. The Balaban J connectivity index is 1.75. The van der Waals surface area contributed by atoms with E-state index in [1.807, 2.05) is 11.3 Å². The summed E-state index contributed by atoms with van der Waals surface area (Å²) in [7, 11) is 0. The van der Waals surface area contributed by atoms with Crippen molar-refractivity contribution in [2.75, 3.05) is 6.54 Å². The van der Waals surface area contributed by atoms with Gasteiger partial charge in [-0.2, -0.15) is 0 Å². The van der Waals surface area contributed by atoms with Gasteiger partial charge in [0.2, 0.25) is 0 Å². The Kier molecular flexibility index (Phi) is 4.94. The highest BCUT2D eigenvalue weighted by molar-refractivity contribution is 7.17. The van der Waals surface area contributed by atoms with Crippen LogP contribution in [0, 0.1) is 0 Å². The van der Waals surface area contributed by atoms with Crippen molar-refractivity contribution in [1.29, 1.82) is 0 Å². The third kappa shape index (κ3) is 3.47. The SMILES string of the molecule is CCCN(Cc1csc2ccccc12)C1CCC(N)CC1. The summed E-state index contributed by atoms with van der Waals surface area (Å²) in [6.45, 7) is 4.58. The van der Waals surface area contributed by atoms with Gasteiger partial charge in [-0.15, -0.1) is 11.3 Å². The normalized spacial score (nSPS) is 23.0. The van der Waals surface area contributed by atoms with Gasteiger partial charge in [0.1, 0.15) is 0 Å². The maximum absolute atomic E-state index is 6.06. The molecule has 1 fully saturated rings. The Morgan fingerprint density at radius 2 is 1.95 bits per heavy atom. The molecule has 21 heavy (non-hydrogen) atoms. The second-order valence-corrected chi connectivity index (χ2v) is 7.21. The fraction of sp³-hybridized carbons (Fsp3) is 0.556. The van der Waals surface area contributed by atoms with Crippen LogP contribution >= 0.6 is 11.3 Å². The van der Waals surface area contributed by atoms with E-state index in [-0.39, 0.29) is 0 Å². The minimum absolute atomic E-state index is 0.437. The quantitative estimate of drug-likeness (QED) is 0.888. The summed E-state index contributed by atoms with van der Waals surface area (Å²) in [6, 6.07) is 9.95. The van der Waals surface area contributed by atoms with Gasteiger partial charge in [-0.25, -0.2) is 0 Å². The van der Waals surface area contributed by atoms with Crippen LogP contribution in [-0.4, -0.2) is 23.5 Å². The van der Waals surface area contributed by atoms with E-state index in [1.54, 1.807) is 0 Å². The fourth-order valence-corrected chi connectivity index (χ4v) is 4.47. The van der Waals surface area contributed by atoms with Gasteiger partial charge < -0.3 is 5.73 Å². The van der Waals surface area contributed by atoms with Crippen molar-refractivity contribution in [2.45, 2.75) is 57.7 Å². The Hall–Kier alpha value is -0.900. The Morgan fingerprint density at radius 3 is 2.71 bits per heavy atom. The van der Waals surface area contributed by atoms with E-state index < -0.39 is 0 Å². The van der Waals surface area contributed by atoms with Gasteiger partial charge in [0, 0.05) is 23.3 Å². The zero-order chi connectivity index (χ0) is 14.7. The zero-order valence-corrected chi connectivity index (χ0v) is 13.7. The number of thiophene rings is 1. The molecule has 1 aromatic heterocycles. The molecular formula is C18H26N2S. The van der Waals surface area contributed by atoms with Crippen molar-refractivity contribution in [1.82, 2.24) is 4.90 Å².